The van der Waals surface area contributed by atoms with Crippen LogP contribution in [0.3, 0.4) is 0 Å². The lowest BCUT2D eigenvalue weighted by Crippen LogP contribution is -2.26. The first-order valence-electron chi connectivity index (χ1n) is 6.54. The molecule has 0 aliphatic rings. The number of amides is 1. The zero-order valence-corrected chi connectivity index (χ0v) is 12.3. The quantitative estimate of drug-likeness (QED) is 0.582. The summed E-state index contributed by atoms with van der Waals surface area (Å²) in [5.74, 6) is 0.0241. The third kappa shape index (κ3) is 5.26. The Morgan fingerprint density at radius 2 is 2.11 bits per heavy atom. The number of carbonyl (C=O) groups is 1. The molecule has 0 radical (unpaired) electrons. The van der Waals surface area contributed by atoms with Crippen LogP contribution in [0.15, 0.2) is 24.3 Å². The molecule has 104 valence electrons. The molecule has 19 heavy (non-hydrogen) atoms. The van der Waals surface area contributed by atoms with Gasteiger partial charge in [-0.25, -0.2) is 0 Å². The Bertz CT molecular complexity index is 452. The molecule has 0 bridgehead atoms. The standard InChI is InChI=1S/C16H23NO2/c1-13-6-7-15(14(2)12-13)8-9-16(18)17(3)10-5-11-19-4/h6-9,12H,5,10-11H2,1-4H3/b9-8+. The molecule has 0 aromatic heterocycles. The highest BCUT2D eigenvalue weighted by Gasteiger charge is 2.04. The molecule has 0 aliphatic carbocycles. The first kappa shape index (κ1) is 15.4. The highest BCUT2D eigenvalue weighted by atomic mass is 16.5. The van der Waals surface area contributed by atoms with E-state index >= 15 is 0 Å². The van der Waals surface area contributed by atoms with Crippen molar-refractivity contribution in [1.29, 1.82) is 0 Å². The lowest BCUT2D eigenvalue weighted by atomic mass is 10.1. The fraction of sp³-hybridized carbons (Fsp3) is 0.438. The van der Waals surface area contributed by atoms with Gasteiger partial charge in [-0.1, -0.05) is 23.8 Å². The van der Waals surface area contributed by atoms with Crippen molar-refractivity contribution in [3.8, 4) is 0 Å². The van der Waals surface area contributed by atoms with E-state index in [-0.39, 0.29) is 5.91 Å². The molecule has 0 N–H and O–H groups in total. The second kappa shape index (κ2) is 7.74. The second-order valence-corrected chi connectivity index (χ2v) is 4.80. The van der Waals surface area contributed by atoms with Crippen LogP contribution in [0, 0.1) is 13.8 Å². The van der Waals surface area contributed by atoms with Crippen molar-refractivity contribution in [2.24, 2.45) is 0 Å². The molecule has 0 saturated heterocycles. The monoisotopic (exact) mass is 261 g/mol. The Hall–Kier alpha value is -1.61. The van der Waals surface area contributed by atoms with Gasteiger partial charge in [0.1, 0.15) is 0 Å². The third-order valence-electron chi connectivity index (χ3n) is 3.05. The molecule has 1 amide bonds. The molecule has 0 fully saturated rings. The topological polar surface area (TPSA) is 29.5 Å². The van der Waals surface area contributed by atoms with Crippen molar-refractivity contribution in [3.05, 3.63) is 41.0 Å². The molecule has 0 aliphatic heterocycles. The minimum absolute atomic E-state index is 0.0241. The highest BCUT2D eigenvalue weighted by Crippen LogP contribution is 2.12. The van der Waals surface area contributed by atoms with Crippen LogP contribution in [-0.2, 0) is 9.53 Å². The van der Waals surface area contributed by atoms with Crippen molar-refractivity contribution in [2.75, 3.05) is 27.3 Å². The van der Waals surface area contributed by atoms with Gasteiger partial charge in [-0.05, 0) is 37.5 Å². The average Bonchev–Trinajstić information content (AvgIpc) is 2.37. The third-order valence-corrected chi connectivity index (χ3v) is 3.05. The van der Waals surface area contributed by atoms with Gasteiger partial charge in [0.25, 0.3) is 0 Å². The van der Waals surface area contributed by atoms with Gasteiger partial charge in [-0.15, -0.1) is 0 Å². The van der Waals surface area contributed by atoms with Gasteiger partial charge in [-0.2, -0.15) is 0 Å². The van der Waals surface area contributed by atoms with E-state index in [1.54, 1.807) is 18.1 Å². The minimum Gasteiger partial charge on any atom is -0.385 e. The summed E-state index contributed by atoms with van der Waals surface area (Å²) in [6, 6.07) is 6.21. The molecule has 0 saturated carbocycles. The number of rotatable bonds is 6. The number of hydrogen-bond donors (Lipinski definition) is 0. The molecule has 0 spiro atoms. The van der Waals surface area contributed by atoms with Crippen LogP contribution in [-0.4, -0.2) is 38.1 Å². The molecular weight excluding hydrogens is 238 g/mol. The van der Waals surface area contributed by atoms with Gasteiger partial charge in [0.15, 0.2) is 0 Å². The van der Waals surface area contributed by atoms with E-state index in [0.717, 1.165) is 12.0 Å². The Balaban J connectivity index is 2.57. The van der Waals surface area contributed by atoms with Crippen LogP contribution < -0.4 is 0 Å². The summed E-state index contributed by atoms with van der Waals surface area (Å²) in [4.78, 5) is 13.6. The van der Waals surface area contributed by atoms with Crippen LogP contribution in [0.2, 0.25) is 0 Å². The van der Waals surface area contributed by atoms with Gasteiger partial charge in [0, 0.05) is 33.4 Å². The zero-order valence-electron chi connectivity index (χ0n) is 12.3. The number of aryl methyl sites for hydroxylation is 2. The summed E-state index contributed by atoms with van der Waals surface area (Å²) >= 11 is 0. The van der Waals surface area contributed by atoms with Gasteiger partial charge in [0.05, 0.1) is 0 Å². The minimum atomic E-state index is 0.0241. The Morgan fingerprint density at radius 1 is 1.37 bits per heavy atom. The van der Waals surface area contributed by atoms with E-state index in [0.29, 0.717) is 13.2 Å². The van der Waals surface area contributed by atoms with Gasteiger partial charge in [0.2, 0.25) is 5.91 Å². The largest absolute Gasteiger partial charge is 0.385 e. The summed E-state index contributed by atoms with van der Waals surface area (Å²) in [5.41, 5.74) is 3.51. The van der Waals surface area contributed by atoms with Gasteiger partial charge < -0.3 is 9.64 Å². The van der Waals surface area contributed by atoms with Crippen LogP contribution in [0.5, 0.6) is 0 Å². The maximum atomic E-state index is 11.9. The molecule has 3 nitrogen and oxygen atoms in total. The summed E-state index contributed by atoms with van der Waals surface area (Å²) < 4.78 is 4.97. The van der Waals surface area contributed by atoms with Crippen molar-refractivity contribution in [1.82, 2.24) is 4.90 Å². The fourth-order valence-corrected chi connectivity index (χ4v) is 1.86. The molecule has 0 heterocycles. The molecular formula is C16H23NO2. The lowest BCUT2D eigenvalue weighted by molar-refractivity contribution is -0.124. The van der Waals surface area contributed by atoms with E-state index in [9.17, 15) is 4.79 Å². The van der Waals surface area contributed by atoms with E-state index in [1.165, 1.54) is 11.1 Å². The Labute approximate surface area is 115 Å². The van der Waals surface area contributed by atoms with Gasteiger partial charge >= 0.3 is 0 Å². The first-order valence-corrected chi connectivity index (χ1v) is 6.54. The molecule has 3 heteroatoms. The summed E-state index contributed by atoms with van der Waals surface area (Å²) in [6.45, 7) is 5.51. The number of hydrogen-bond acceptors (Lipinski definition) is 2. The van der Waals surface area contributed by atoms with E-state index in [4.69, 9.17) is 4.74 Å². The van der Waals surface area contributed by atoms with Crippen molar-refractivity contribution < 1.29 is 9.53 Å². The van der Waals surface area contributed by atoms with Crippen molar-refractivity contribution in [2.45, 2.75) is 20.3 Å². The highest BCUT2D eigenvalue weighted by molar-refractivity contribution is 5.91. The Kier molecular flexibility index (Phi) is 6.30. The van der Waals surface area contributed by atoms with Gasteiger partial charge in [-0.3, -0.25) is 4.79 Å². The first-order chi connectivity index (χ1) is 9.04. The predicted octanol–water partition coefficient (Wildman–Crippen LogP) is 2.81. The summed E-state index contributed by atoms with van der Waals surface area (Å²) in [5, 5.41) is 0. The van der Waals surface area contributed by atoms with Crippen LogP contribution in [0.25, 0.3) is 6.08 Å². The second-order valence-electron chi connectivity index (χ2n) is 4.80. The predicted molar refractivity (Wildman–Crippen MR) is 79.1 cm³/mol. The SMILES string of the molecule is COCCCN(C)C(=O)/C=C/c1ccc(C)cc1C. The zero-order chi connectivity index (χ0) is 14.3. The van der Waals surface area contributed by atoms with Crippen molar-refractivity contribution in [3.63, 3.8) is 0 Å². The molecule has 1 aromatic rings. The summed E-state index contributed by atoms with van der Waals surface area (Å²) in [7, 11) is 3.48. The molecule has 0 unspecified atom stereocenters. The smallest absolute Gasteiger partial charge is 0.246 e. The van der Waals surface area contributed by atoms with Crippen LogP contribution >= 0.6 is 0 Å². The normalized spacial score (nSPS) is 10.9. The van der Waals surface area contributed by atoms with E-state index < -0.39 is 0 Å². The number of benzene rings is 1. The number of ether oxygens (including phenoxy) is 1. The molecule has 0 atom stereocenters. The molecule has 1 rings (SSSR count). The van der Waals surface area contributed by atoms with E-state index in [2.05, 4.69) is 26.0 Å². The molecule has 1 aromatic carbocycles. The number of nitrogens with zero attached hydrogens (tertiary/aromatic N) is 1. The van der Waals surface area contributed by atoms with Crippen LogP contribution in [0.1, 0.15) is 23.1 Å². The number of likely N-dealkylation sites (N-methyl/N-ethyl adjacent to an activating group) is 1. The lowest BCUT2D eigenvalue weighted by Gasteiger charge is -2.14. The maximum absolute atomic E-state index is 11.9. The average molecular weight is 261 g/mol. The number of methoxy groups -OCH3 is 1. The summed E-state index contributed by atoms with van der Waals surface area (Å²) in [6.07, 6.45) is 4.37. The van der Waals surface area contributed by atoms with E-state index in [1.807, 2.05) is 19.2 Å². The number of carbonyl (C=O) groups excluding carboxylic acids is 1. The van der Waals surface area contributed by atoms with Crippen molar-refractivity contribution >= 4 is 12.0 Å². The maximum Gasteiger partial charge on any atom is 0.246 e. The fourth-order valence-electron chi connectivity index (χ4n) is 1.86. The van der Waals surface area contributed by atoms with Crippen LogP contribution in [0.4, 0.5) is 0 Å². The Morgan fingerprint density at radius 3 is 2.74 bits per heavy atom.